The van der Waals surface area contributed by atoms with Crippen molar-refractivity contribution in [2.75, 3.05) is 0 Å². The fraction of sp³-hybridized carbons (Fsp3) is 0. The molecule has 0 fully saturated rings. The van der Waals surface area contributed by atoms with E-state index in [2.05, 4.69) is 112 Å². The van der Waals surface area contributed by atoms with Crippen LogP contribution in [0, 0.1) is 0 Å². The van der Waals surface area contributed by atoms with Gasteiger partial charge < -0.3 is 8.98 Å². The molecular formula is C35H21N3O. The second-order valence-corrected chi connectivity index (χ2v) is 10.0. The third-order valence-corrected chi connectivity index (χ3v) is 7.94. The first kappa shape index (κ1) is 20.7. The Hall–Kier alpha value is -5.35. The summed E-state index contributed by atoms with van der Waals surface area (Å²) in [5.41, 5.74) is 7.35. The van der Waals surface area contributed by atoms with Crippen molar-refractivity contribution in [3.63, 3.8) is 0 Å². The van der Waals surface area contributed by atoms with E-state index in [9.17, 15) is 0 Å². The molecule has 39 heavy (non-hydrogen) atoms. The Balaban J connectivity index is 1.52. The van der Waals surface area contributed by atoms with Crippen molar-refractivity contribution in [3.05, 3.63) is 127 Å². The van der Waals surface area contributed by atoms with Crippen molar-refractivity contribution in [2.45, 2.75) is 0 Å². The molecule has 0 aliphatic rings. The fourth-order valence-corrected chi connectivity index (χ4v) is 6.33. The highest BCUT2D eigenvalue weighted by Crippen LogP contribution is 2.44. The van der Waals surface area contributed by atoms with Crippen LogP contribution in [0.4, 0.5) is 0 Å². The van der Waals surface area contributed by atoms with Crippen LogP contribution in [0.25, 0.3) is 77.2 Å². The molecule has 6 aromatic carbocycles. The van der Waals surface area contributed by atoms with Crippen molar-refractivity contribution < 1.29 is 4.42 Å². The molecule has 0 bridgehead atoms. The van der Waals surface area contributed by atoms with Crippen molar-refractivity contribution >= 4 is 65.5 Å². The first-order chi connectivity index (χ1) is 19.4. The van der Waals surface area contributed by atoms with Gasteiger partial charge in [0, 0.05) is 32.6 Å². The van der Waals surface area contributed by atoms with Gasteiger partial charge in [0.1, 0.15) is 5.52 Å². The lowest BCUT2D eigenvalue weighted by molar-refractivity contribution is 0.574. The smallest absolute Gasteiger partial charge is 0.307 e. The Kier molecular flexibility index (Phi) is 4.02. The molecule has 0 saturated carbocycles. The maximum absolute atomic E-state index is 6.31. The number of benzene rings is 6. The van der Waals surface area contributed by atoms with Gasteiger partial charge in [-0.15, -0.1) is 0 Å². The van der Waals surface area contributed by atoms with Gasteiger partial charge in [-0.25, -0.2) is 0 Å². The summed E-state index contributed by atoms with van der Waals surface area (Å²) in [5, 5.41) is 7.34. The fourth-order valence-electron chi connectivity index (χ4n) is 6.33. The van der Waals surface area contributed by atoms with E-state index in [4.69, 9.17) is 9.40 Å². The number of fused-ring (bicyclic) bond motifs is 10. The first-order valence-electron chi connectivity index (χ1n) is 13.2. The predicted molar refractivity (Wildman–Crippen MR) is 160 cm³/mol. The molecule has 0 aliphatic heterocycles. The van der Waals surface area contributed by atoms with Crippen molar-refractivity contribution in [2.24, 2.45) is 0 Å². The molecule has 0 unspecified atom stereocenters. The molecule has 4 nitrogen and oxygen atoms in total. The second kappa shape index (κ2) is 7.59. The average molecular weight is 500 g/mol. The number of para-hydroxylation sites is 4. The van der Waals surface area contributed by atoms with E-state index in [-0.39, 0.29) is 0 Å². The zero-order valence-corrected chi connectivity index (χ0v) is 20.9. The summed E-state index contributed by atoms with van der Waals surface area (Å²) in [6, 6.07) is 45.4. The molecule has 0 radical (unpaired) electrons. The van der Waals surface area contributed by atoms with Gasteiger partial charge in [0.2, 0.25) is 0 Å². The monoisotopic (exact) mass is 499 g/mol. The van der Waals surface area contributed by atoms with Crippen molar-refractivity contribution in [1.29, 1.82) is 0 Å². The van der Waals surface area contributed by atoms with Crippen molar-refractivity contribution in [1.82, 2.24) is 14.1 Å². The van der Waals surface area contributed by atoms with Crippen LogP contribution < -0.4 is 0 Å². The lowest BCUT2D eigenvalue weighted by Gasteiger charge is -2.09. The maximum atomic E-state index is 6.31. The normalized spacial score (nSPS) is 12.1. The Morgan fingerprint density at radius 2 is 1.18 bits per heavy atom. The molecular weight excluding hydrogens is 478 g/mol. The molecule has 0 amide bonds. The molecule has 0 atom stereocenters. The van der Waals surface area contributed by atoms with Gasteiger partial charge in [-0.05, 0) is 47.9 Å². The number of hydrogen-bond donors (Lipinski definition) is 0. The SMILES string of the molecule is c1ccc(-n2c3ccc4c(c5ccccc5n4-c4nc5ccccc5o4)c3c3ccc4ccccc4c32)cc1. The molecule has 4 heteroatoms. The van der Waals surface area contributed by atoms with E-state index in [1.54, 1.807) is 0 Å². The third kappa shape index (κ3) is 2.75. The van der Waals surface area contributed by atoms with Crippen LogP contribution in [0.1, 0.15) is 0 Å². The quantitative estimate of drug-likeness (QED) is 0.238. The van der Waals surface area contributed by atoms with Gasteiger partial charge >= 0.3 is 6.01 Å². The highest BCUT2D eigenvalue weighted by Gasteiger charge is 2.23. The third-order valence-electron chi connectivity index (χ3n) is 7.94. The van der Waals surface area contributed by atoms with E-state index < -0.39 is 0 Å². The second-order valence-electron chi connectivity index (χ2n) is 10.0. The predicted octanol–water partition coefficient (Wildman–Crippen LogP) is 9.18. The van der Waals surface area contributed by atoms with E-state index in [0.29, 0.717) is 6.01 Å². The largest absolute Gasteiger partial charge is 0.423 e. The summed E-state index contributed by atoms with van der Waals surface area (Å²) in [4.78, 5) is 4.88. The number of nitrogens with zero attached hydrogens (tertiary/aromatic N) is 3. The maximum Gasteiger partial charge on any atom is 0.307 e. The standard InChI is InChI=1S/C35H21N3O/c1-2-11-23(12-3-1)37-29-20-21-30-32(33(29)26-19-18-22-10-4-5-13-24(22)34(26)37)25-14-6-8-16-28(25)38(30)35-36-27-15-7-9-17-31(27)39-35/h1-21H. The van der Waals surface area contributed by atoms with E-state index >= 15 is 0 Å². The highest BCUT2D eigenvalue weighted by molar-refractivity contribution is 6.31. The minimum absolute atomic E-state index is 0.582. The van der Waals surface area contributed by atoms with Crippen LogP contribution in [0.2, 0.25) is 0 Å². The molecule has 0 saturated heterocycles. The van der Waals surface area contributed by atoms with Crippen LogP contribution in [-0.2, 0) is 0 Å². The first-order valence-corrected chi connectivity index (χ1v) is 13.2. The highest BCUT2D eigenvalue weighted by atomic mass is 16.4. The van der Waals surface area contributed by atoms with Gasteiger partial charge in [-0.1, -0.05) is 84.9 Å². The Morgan fingerprint density at radius 3 is 2.05 bits per heavy atom. The van der Waals surface area contributed by atoms with Crippen LogP contribution in [0.3, 0.4) is 0 Å². The molecule has 0 N–H and O–H groups in total. The zero-order valence-electron chi connectivity index (χ0n) is 20.9. The van der Waals surface area contributed by atoms with Crippen LogP contribution in [-0.4, -0.2) is 14.1 Å². The lowest BCUT2D eigenvalue weighted by Crippen LogP contribution is -1.95. The van der Waals surface area contributed by atoms with E-state index in [0.717, 1.165) is 27.8 Å². The number of rotatable bonds is 2. The number of aromatic nitrogens is 3. The zero-order chi connectivity index (χ0) is 25.5. The Labute approximate surface area is 222 Å². The summed E-state index contributed by atoms with van der Waals surface area (Å²) in [7, 11) is 0. The van der Waals surface area contributed by atoms with Gasteiger partial charge in [-0.2, -0.15) is 4.98 Å². The Morgan fingerprint density at radius 1 is 0.487 bits per heavy atom. The summed E-state index contributed by atoms with van der Waals surface area (Å²) < 4.78 is 10.9. The Bertz CT molecular complexity index is 2360. The minimum Gasteiger partial charge on any atom is -0.423 e. The molecule has 0 spiro atoms. The molecule has 9 rings (SSSR count). The molecule has 3 heterocycles. The average Bonchev–Trinajstić information content (AvgIpc) is 3.67. The van der Waals surface area contributed by atoms with E-state index in [1.807, 2.05) is 24.3 Å². The number of oxazole rings is 1. The van der Waals surface area contributed by atoms with Crippen LogP contribution in [0.15, 0.2) is 132 Å². The summed E-state index contributed by atoms with van der Waals surface area (Å²) in [6.45, 7) is 0. The lowest BCUT2D eigenvalue weighted by atomic mass is 10.0. The summed E-state index contributed by atoms with van der Waals surface area (Å²) in [6.07, 6.45) is 0. The van der Waals surface area contributed by atoms with E-state index in [1.165, 1.54) is 43.4 Å². The van der Waals surface area contributed by atoms with Gasteiger partial charge in [0.05, 0.1) is 22.1 Å². The molecule has 182 valence electrons. The molecule has 9 aromatic rings. The van der Waals surface area contributed by atoms with Crippen LogP contribution in [0.5, 0.6) is 0 Å². The summed E-state index contributed by atoms with van der Waals surface area (Å²) in [5.74, 6) is 0. The van der Waals surface area contributed by atoms with Crippen molar-refractivity contribution in [3.8, 4) is 11.7 Å². The van der Waals surface area contributed by atoms with Crippen LogP contribution >= 0.6 is 0 Å². The van der Waals surface area contributed by atoms with Gasteiger partial charge in [0.15, 0.2) is 5.58 Å². The molecule has 3 aromatic heterocycles. The summed E-state index contributed by atoms with van der Waals surface area (Å²) >= 11 is 0. The topological polar surface area (TPSA) is 35.9 Å². The van der Waals surface area contributed by atoms with Gasteiger partial charge in [-0.3, -0.25) is 4.57 Å². The number of hydrogen-bond acceptors (Lipinski definition) is 2. The minimum atomic E-state index is 0.582. The molecule has 0 aliphatic carbocycles. The van der Waals surface area contributed by atoms with Gasteiger partial charge in [0.25, 0.3) is 0 Å².